The van der Waals surface area contributed by atoms with Crippen molar-refractivity contribution in [3.63, 3.8) is 0 Å². The zero-order chi connectivity index (χ0) is 10.2. The van der Waals surface area contributed by atoms with Gasteiger partial charge in [-0.3, -0.25) is 4.79 Å². The van der Waals surface area contributed by atoms with Crippen LogP contribution in [0.25, 0.3) is 0 Å². The molecule has 0 unspecified atom stereocenters. The van der Waals surface area contributed by atoms with Crippen LogP contribution in [0.3, 0.4) is 0 Å². The van der Waals surface area contributed by atoms with Crippen molar-refractivity contribution in [3.05, 3.63) is 0 Å². The van der Waals surface area contributed by atoms with E-state index >= 15 is 0 Å². The average molecular weight is 246 g/mol. The van der Waals surface area contributed by atoms with Gasteiger partial charge in [-0.15, -0.1) is 0 Å². The van der Waals surface area contributed by atoms with Crippen LogP contribution in [0, 0.1) is 5.92 Å². The van der Waals surface area contributed by atoms with Crippen LogP contribution in [0.2, 0.25) is 0 Å². The first kappa shape index (κ1) is 10.9. The van der Waals surface area contributed by atoms with E-state index in [1.165, 1.54) is 0 Å². The van der Waals surface area contributed by atoms with Crippen LogP contribution >= 0.6 is 34.8 Å². The predicted molar refractivity (Wildman–Crippen MR) is 43.3 cm³/mol. The van der Waals surface area contributed by atoms with Crippen molar-refractivity contribution in [2.24, 2.45) is 5.92 Å². The molecule has 0 amide bonds. The lowest BCUT2D eigenvalue weighted by atomic mass is 10.0. The molecule has 13 heavy (non-hydrogen) atoms. The Bertz CT molecular complexity index is 247. The summed E-state index contributed by atoms with van der Waals surface area (Å²) in [5, 5.41) is 10.5. The summed E-state index contributed by atoms with van der Waals surface area (Å²) in [4.78, 5) is 21.2. The van der Waals surface area contributed by atoms with Gasteiger partial charge < -0.3 is 14.6 Å². The Hall–Kier alpha value is -0.190. The number of carboxylic acid groups (broad SMARTS) is 1. The van der Waals surface area contributed by atoms with E-state index in [2.05, 4.69) is 4.74 Å². The molecule has 4 nitrogen and oxygen atoms in total. The summed E-state index contributed by atoms with van der Waals surface area (Å²) in [6.07, 6.45) is -1.59. The SMILES string of the molecule is O=C1C[C@@H](C(=O)[O-])[C@H](C(Cl)(Cl)Cl)O1. The lowest BCUT2D eigenvalue weighted by Gasteiger charge is -2.24. The van der Waals surface area contributed by atoms with E-state index in [-0.39, 0.29) is 6.42 Å². The van der Waals surface area contributed by atoms with Gasteiger partial charge in [-0.05, 0) is 0 Å². The molecule has 0 aromatic heterocycles. The van der Waals surface area contributed by atoms with Crippen LogP contribution in [-0.4, -0.2) is 21.8 Å². The maximum Gasteiger partial charge on any atom is 0.307 e. The highest BCUT2D eigenvalue weighted by atomic mass is 35.6. The largest absolute Gasteiger partial charge is 0.550 e. The number of hydrogen-bond acceptors (Lipinski definition) is 4. The van der Waals surface area contributed by atoms with Crippen LogP contribution in [0.1, 0.15) is 6.42 Å². The summed E-state index contributed by atoms with van der Waals surface area (Å²) in [5.41, 5.74) is 0. The molecule has 0 bridgehead atoms. The first-order chi connectivity index (χ1) is 5.82. The summed E-state index contributed by atoms with van der Waals surface area (Å²) >= 11 is 16.2. The van der Waals surface area contributed by atoms with Gasteiger partial charge in [0.05, 0.1) is 12.3 Å². The third-order valence-electron chi connectivity index (χ3n) is 1.64. The first-order valence-electron chi connectivity index (χ1n) is 3.29. The number of carboxylic acids is 1. The highest BCUT2D eigenvalue weighted by Crippen LogP contribution is 2.40. The van der Waals surface area contributed by atoms with Crippen molar-refractivity contribution < 1.29 is 19.4 Å². The van der Waals surface area contributed by atoms with Gasteiger partial charge in [0.25, 0.3) is 0 Å². The number of carbonyl (C=O) groups excluding carboxylic acids is 2. The van der Waals surface area contributed by atoms with E-state index in [0.717, 1.165) is 0 Å². The Balaban J connectivity index is 2.84. The summed E-state index contributed by atoms with van der Waals surface area (Å²) in [6.45, 7) is 0. The van der Waals surface area contributed by atoms with Crippen LogP contribution < -0.4 is 5.11 Å². The second-order valence-electron chi connectivity index (χ2n) is 2.58. The van der Waals surface area contributed by atoms with E-state index < -0.39 is 27.8 Å². The highest BCUT2D eigenvalue weighted by Gasteiger charge is 2.47. The fourth-order valence-corrected chi connectivity index (χ4v) is 1.65. The van der Waals surface area contributed by atoms with Gasteiger partial charge in [0.1, 0.15) is 0 Å². The lowest BCUT2D eigenvalue weighted by molar-refractivity contribution is -0.312. The number of aliphatic carboxylic acids is 1. The number of halogens is 3. The molecule has 1 heterocycles. The van der Waals surface area contributed by atoms with Gasteiger partial charge in [0.2, 0.25) is 3.79 Å². The van der Waals surface area contributed by atoms with E-state index in [1.54, 1.807) is 0 Å². The Kier molecular flexibility index (Phi) is 2.95. The van der Waals surface area contributed by atoms with Gasteiger partial charge in [0.15, 0.2) is 6.10 Å². The summed E-state index contributed by atoms with van der Waals surface area (Å²) < 4.78 is 2.61. The number of ether oxygens (including phenoxy) is 1. The number of alkyl halides is 3. The third kappa shape index (κ3) is 2.39. The molecule has 74 valence electrons. The number of esters is 1. The fraction of sp³-hybridized carbons (Fsp3) is 0.667. The van der Waals surface area contributed by atoms with E-state index in [0.29, 0.717) is 0 Å². The van der Waals surface area contributed by atoms with Crippen LogP contribution in [0.15, 0.2) is 0 Å². The quantitative estimate of drug-likeness (QED) is 0.484. The molecule has 0 aromatic rings. The second kappa shape index (κ2) is 3.52. The van der Waals surface area contributed by atoms with Gasteiger partial charge in [0, 0.05) is 5.97 Å². The fourth-order valence-electron chi connectivity index (χ4n) is 1.06. The molecule has 0 aliphatic carbocycles. The minimum Gasteiger partial charge on any atom is -0.550 e. The lowest BCUT2D eigenvalue weighted by Crippen LogP contribution is -2.41. The molecule has 1 aliphatic heterocycles. The molecule has 0 saturated carbocycles. The number of hydrogen-bond donors (Lipinski definition) is 0. The molecule has 2 atom stereocenters. The molecule has 7 heteroatoms. The summed E-state index contributed by atoms with van der Waals surface area (Å²) in [5.74, 6) is -3.35. The number of rotatable bonds is 1. The Morgan fingerprint density at radius 2 is 2.08 bits per heavy atom. The van der Waals surface area contributed by atoms with Crippen LogP contribution in [-0.2, 0) is 14.3 Å². The van der Waals surface area contributed by atoms with Gasteiger partial charge in [-0.2, -0.15) is 0 Å². The zero-order valence-electron chi connectivity index (χ0n) is 6.13. The standard InChI is InChI=1S/C6H5Cl3O4/c7-6(8,9)4-2(5(11)12)1-3(10)13-4/h2,4H,1H2,(H,11,12)/p-1/t2-,4-/m1/s1. The molecular weight excluding hydrogens is 242 g/mol. The van der Waals surface area contributed by atoms with Gasteiger partial charge in [-0.1, -0.05) is 34.8 Å². The molecule has 0 spiro atoms. The van der Waals surface area contributed by atoms with Gasteiger partial charge in [-0.25, -0.2) is 0 Å². The number of carbonyl (C=O) groups is 2. The van der Waals surface area contributed by atoms with Crippen molar-refractivity contribution in [2.45, 2.75) is 16.3 Å². The molecule has 0 N–H and O–H groups in total. The van der Waals surface area contributed by atoms with Crippen molar-refractivity contribution in [2.75, 3.05) is 0 Å². The third-order valence-corrected chi connectivity index (χ3v) is 2.28. The van der Waals surface area contributed by atoms with E-state index in [4.69, 9.17) is 34.8 Å². The first-order valence-corrected chi connectivity index (χ1v) is 4.43. The zero-order valence-corrected chi connectivity index (χ0v) is 8.40. The number of cyclic esters (lactones) is 1. The van der Waals surface area contributed by atoms with Crippen LogP contribution in [0.4, 0.5) is 0 Å². The summed E-state index contributed by atoms with van der Waals surface area (Å²) in [6, 6.07) is 0. The van der Waals surface area contributed by atoms with Crippen molar-refractivity contribution in [3.8, 4) is 0 Å². The molecule has 0 radical (unpaired) electrons. The Labute approximate surface area is 88.7 Å². The molecule has 0 aromatic carbocycles. The van der Waals surface area contributed by atoms with Crippen molar-refractivity contribution in [1.29, 1.82) is 0 Å². The Morgan fingerprint density at radius 3 is 2.38 bits per heavy atom. The molecular formula is C6H4Cl3O4-. The maximum absolute atomic E-state index is 10.7. The van der Waals surface area contributed by atoms with E-state index in [1.807, 2.05) is 0 Å². The minimum atomic E-state index is -1.93. The smallest absolute Gasteiger partial charge is 0.307 e. The maximum atomic E-state index is 10.7. The second-order valence-corrected chi connectivity index (χ2v) is 4.95. The Morgan fingerprint density at radius 1 is 1.54 bits per heavy atom. The monoisotopic (exact) mass is 245 g/mol. The normalized spacial score (nSPS) is 28.7. The summed E-state index contributed by atoms with van der Waals surface area (Å²) in [7, 11) is 0. The predicted octanol–water partition coefficient (Wildman–Crippen LogP) is 0.0382. The highest BCUT2D eigenvalue weighted by molar-refractivity contribution is 6.68. The van der Waals surface area contributed by atoms with Crippen molar-refractivity contribution >= 4 is 46.7 Å². The van der Waals surface area contributed by atoms with Gasteiger partial charge >= 0.3 is 5.97 Å². The minimum absolute atomic E-state index is 0.319. The van der Waals surface area contributed by atoms with Crippen molar-refractivity contribution in [1.82, 2.24) is 0 Å². The van der Waals surface area contributed by atoms with E-state index in [9.17, 15) is 14.7 Å². The molecule has 1 aliphatic rings. The molecule has 1 saturated heterocycles. The topological polar surface area (TPSA) is 66.4 Å². The molecule has 1 fully saturated rings. The van der Waals surface area contributed by atoms with Crippen LogP contribution in [0.5, 0.6) is 0 Å². The molecule has 1 rings (SSSR count). The average Bonchev–Trinajstić information content (AvgIpc) is 2.29.